The lowest BCUT2D eigenvalue weighted by molar-refractivity contribution is 0.0936. The molecule has 2 aliphatic heterocycles. The van der Waals surface area contributed by atoms with Crippen molar-refractivity contribution in [2.75, 3.05) is 44.2 Å². The van der Waals surface area contributed by atoms with Crippen LogP contribution >= 0.6 is 0 Å². The molecule has 1 atom stereocenters. The van der Waals surface area contributed by atoms with Crippen LogP contribution in [0.5, 0.6) is 0 Å². The lowest BCUT2D eigenvalue weighted by Crippen LogP contribution is -2.52. The molecule has 1 unspecified atom stereocenters. The summed E-state index contributed by atoms with van der Waals surface area (Å²) in [6.45, 7) is 6.54. The number of carbonyl (C=O) groups excluding carboxylic acids is 1. The van der Waals surface area contributed by atoms with Gasteiger partial charge in [0.15, 0.2) is 0 Å². The summed E-state index contributed by atoms with van der Waals surface area (Å²) in [6.07, 6.45) is -0.671. The van der Waals surface area contributed by atoms with E-state index in [1.807, 2.05) is 0 Å². The highest BCUT2D eigenvalue weighted by molar-refractivity contribution is 7.89. The molecule has 28 heavy (non-hydrogen) atoms. The zero-order valence-electron chi connectivity index (χ0n) is 16.2. The fraction of sp³-hybridized carbons (Fsp3) is 0.556. The van der Waals surface area contributed by atoms with Crippen LogP contribution in [0.1, 0.15) is 19.4 Å². The molecule has 2 fully saturated rings. The van der Waals surface area contributed by atoms with Gasteiger partial charge in [-0.25, -0.2) is 13.2 Å². The first kappa shape index (κ1) is 20.6. The van der Waals surface area contributed by atoms with Gasteiger partial charge in [0, 0.05) is 44.0 Å². The summed E-state index contributed by atoms with van der Waals surface area (Å²) in [4.78, 5) is 15.9. The highest BCUT2D eigenvalue weighted by atomic mass is 32.2. The van der Waals surface area contributed by atoms with Crippen LogP contribution in [0.25, 0.3) is 0 Å². The summed E-state index contributed by atoms with van der Waals surface area (Å²) >= 11 is 0. The van der Waals surface area contributed by atoms with Crippen LogP contribution in [-0.2, 0) is 14.8 Å². The second-order valence-electron chi connectivity index (χ2n) is 7.37. The van der Waals surface area contributed by atoms with Crippen molar-refractivity contribution in [2.45, 2.75) is 25.2 Å². The highest BCUT2D eigenvalue weighted by Crippen LogP contribution is 2.23. The number of nitrogen functional groups attached to an aromatic ring is 1. The Labute approximate surface area is 165 Å². The van der Waals surface area contributed by atoms with Crippen molar-refractivity contribution >= 4 is 27.6 Å². The molecule has 0 radical (unpaired) electrons. The van der Waals surface area contributed by atoms with E-state index in [1.54, 1.807) is 43.0 Å². The van der Waals surface area contributed by atoms with E-state index in [9.17, 15) is 13.2 Å². The normalized spacial score (nSPS) is 21.9. The van der Waals surface area contributed by atoms with Gasteiger partial charge in [0.2, 0.25) is 10.0 Å². The molecule has 0 bridgehead atoms. The molecule has 2 aliphatic rings. The number of amides is 1. The van der Waals surface area contributed by atoms with Gasteiger partial charge in [-0.15, -0.1) is 0 Å². The Kier molecular flexibility index (Phi) is 5.92. The third-order valence-electron chi connectivity index (χ3n) is 5.11. The molecule has 2 saturated heterocycles. The van der Waals surface area contributed by atoms with Crippen LogP contribution in [0.4, 0.5) is 10.5 Å². The van der Waals surface area contributed by atoms with Gasteiger partial charge in [0.05, 0.1) is 11.8 Å². The Bertz CT molecular complexity index is 832. The number of anilines is 1. The summed E-state index contributed by atoms with van der Waals surface area (Å²) in [5, 5.41) is 7.01. The molecule has 2 heterocycles. The second-order valence-corrected chi connectivity index (χ2v) is 9.86. The first-order valence-corrected chi connectivity index (χ1v) is 10.8. The van der Waals surface area contributed by atoms with Crippen molar-refractivity contribution in [1.29, 1.82) is 5.41 Å². The predicted octanol–water partition coefficient (Wildman–Crippen LogP) is 0.652. The molecular weight excluding hydrogens is 382 g/mol. The summed E-state index contributed by atoms with van der Waals surface area (Å²) in [5.41, 5.74) is 6.75. The maximum atomic E-state index is 12.3. The zero-order valence-corrected chi connectivity index (χ0v) is 17.0. The highest BCUT2D eigenvalue weighted by Gasteiger charge is 2.35. The Hall–Kier alpha value is -2.17. The van der Waals surface area contributed by atoms with Crippen molar-refractivity contribution in [2.24, 2.45) is 5.73 Å². The van der Waals surface area contributed by atoms with E-state index in [0.717, 1.165) is 0 Å². The van der Waals surface area contributed by atoms with Gasteiger partial charge >= 0.3 is 6.09 Å². The van der Waals surface area contributed by atoms with Crippen LogP contribution in [0.3, 0.4) is 0 Å². The van der Waals surface area contributed by atoms with E-state index in [1.165, 1.54) is 4.31 Å². The van der Waals surface area contributed by atoms with Crippen molar-refractivity contribution in [1.82, 2.24) is 9.21 Å². The number of hydrogen-bond acceptors (Lipinski definition) is 6. The third kappa shape index (κ3) is 4.29. The van der Waals surface area contributed by atoms with E-state index in [0.29, 0.717) is 50.5 Å². The van der Waals surface area contributed by atoms with Crippen molar-refractivity contribution in [3.63, 3.8) is 0 Å². The second kappa shape index (κ2) is 8.06. The van der Waals surface area contributed by atoms with E-state index >= 15 is 0 Å². The first-order chi connectivity index (χ1) is 13.2. The lowest BCUT2D eigenvalue weighted by Gasteiger charge is -2.35. The average Bonchev–Trinajstić information content (AvgIpc) is 3.02. The molecule has 154 valence electrons. The van der Waals surface area contributed by atoms with Crippen LogP contribution in [0.2, 0.25) is 0 Å². The molecule has 1 aromatic carbocycles. The molecule has 0 aliphatic carbocycles. The molecule has 3 rings (SSSR count). The number of cyclic esters (lactones) is 1. The predicted molar refractivity (Wildman–Crippen MR) is 107 cm³/mol. The lowest BCUT2D eigenvalue weighted by atomic mass is 10.2. The maximum Gasteiger partial charge on any atom is 0.414 e. The topological polar surface area (TPSA) is 120 Å². The summed E-state index contributed by atoms with van der Waals surface area (Å²) in [7, 11) is -3.22. The molecule has 1 aromatic rings. The molecule has 1 amide bonds. The minimum absolute atomic E-state index is 0.0213. The number of ether oxygens (including phenoxy) is 1. The van der Waals surface area contributed by atoms with E-state index in [-0.39, 0.29) is 11.9 Å². The van der Waals surface area contributed by atoms with Crippen molar-refractivity contribution in [3.8, 4) is 0 Å². The minimum Gasteiger partial charge on any atom is -0.443 e. The largest absolute Gasteiger partial charge is 0.443 e. The average molecular weight is 410 g/mol. The number of nitrogens with zero attached hydrogens (tertiary/aromatic N) is 3. The van der Waals surface area contributed by atoms with Crippen LogP contribution in [-0.4, -0.2) is 80.2 Å². The van der Waals surface area contributed by atoms with E-state index in [4.69, 9.17) is 15.9 Å². The number of piperazine rings is 1. The van der Waals surface area contributed by atoms with Gasteiger partial charge in [-0.2, -0.15) is 4.31 Å². The van der Waals surface area contributed by atoms with Crippen molar-refractivity contribution < 1.29 is 17.9 Å². The zero-order chi connectivity index (χ0) is 20.5. The van der Waals surface area contributed by atoms with E-state index < -0.39 is 21.4 Å². The maximum absolute atomic E-state index is 12.3. The monoisotopic (exact) mass is 409 g/mol. The summed E-state index contributed by atoms with van der Waals surface area (Å²) in [5.74, 6) is -0.0213. The Morgan fingerprint density at radius 2 is 1.82 bits per heavy atom. The molecular formula is C18H27N5O4S. The van der Waals surface area contributed by atoms with Gasteiger partial charge < -0.3 is 10.5 Å². The fourth-order valence-electron chi connectivity index (χ4n) is 3.40. The van der Waals surface area contributed by atoms with Gasteiger partial charge in [-0.1, -0.05) is 0 Å². The van der Waals surface area contributed by atoms with Crippen molar-refractivity contribution in [3.05, 3.63) is 29.8 Å². The number of nitrogens with one attached hydrogen (secondary N) is 1. The number of nitrogens with two attached hydrogens (primary N) is 1. The van der Waals surface area contributed by atoms with Crippen LogP contribution < -0.4 is 10.6 Å². The third-order valence-corrected chi connectivity index (χ3v) is 7.39. The Morgan fingerprint density at radius 1 is 1.21 bits per heavy atom. The van der Waals surface area contributed by atoms with Crippen LogP contribution in [0.15, 0.2) is 24.3 Å². The summed E-state index contributed by atoms with van der Waals surface area (Å²) < 4.78 is 31.5. The minimum atomic E-state index is -3.22. The number of amidine groups is 1. The standard InChI is InChI=1S/C18H27N5O4S/c1-13(2)28(25,26)22-9-7-21(8-10-22)11-16-12-23(18(24)27-16)15-5-3-14(4-6-15)17(19)20/h3-6,13,16H,7-12H2,1-2H3,(H3,19,20). The van der Waals surface area contributed by atoms with Gasteiger partial charge in [-0.3, -0.25) is 15.2 Å². The molecule has 3 N–H and O–H groups in total. The van der Waals surface area contributed by atoms with Crippen LogP contribution in [0, 0.1) is 5.41 Å². The smallest absolute Gasteiger partial charge is 0.414 e. The van der Waals surface area contributed by atoms with Gasteiger partial charge in [0.25, 0.3) is 0 Å². The van der Waals surface area contributed by atoms with Gasteiger partial charge in [0.1, 0.15) is 11.9 Å². The Morgan fingerprint density at radius 3 is 2.36 bits per heavy atom. The molecule has 0 aromatic heterocycles. The number of sulfonamides is 1. The SMILES string of the molecule is CC(C)S(=O)(=O)N1CCN(CC2CN(c3ccc(C(=N)N)cc3)C(=O)O2)CC1. The first-order valence-electron chi connectivity index (χ1n) is 9.32. The van der Waals surface area contributed by atoms with E-state index in [2.05, 4.69) is 4.90 Å². The fourth-order valence-corrected chi connectivity index (χ4v) is 4.67. The quantitative estimate of drug-likeness (QED) is 0.526. The van der Waals surface area contributed by atoms with Gasteiger partial charge in [-0.05, 0) is 38.1 Å². The molecule has 10 heteroatoms. The molecule has 9 nitrogen and oxygen atoms in total. The number of hydrogen-bond donors (Lipinski definition) is 2. The number of carbonyl (C=O) groups is 1. The number of benzene rings is 1. The Balaban J connectivity index is 1.54. The molecule has 0 saturated carbocycles. The summed E-state index contributed by atoms with van der Waals surface area (Å²) in [6, 6.07) is 6.89. The number of rotatable bonds is 6. The molecule has 0 spiro atoms.